The highest BCUT2D eigenvalue weighted by Gasteiger charge is 2.32. The van der Waals surface area contributed by atoms with Crippen molar-refractivity contribution in [2.75, 3.05) is 33.8 Å². The number of nitrogens with zero attached hydrogens (tertiary/aromatic N) is 1. The first-order valence-electron chi connectivity index (χ1n) is 7.08. The van der Waals surface area contributed by atoms with E-state index in [0.29, 0.717) is 13.1 Å². The summed E-state index contributed by atoms with van der Waals surface area (Å²) in [7, 11) is -0.554. The molecule has 1 aromatic rings. The van der Waals surface area contributed by atoms with Crippen LogP contribution in [0.1, 0.15) is 12.8 Å². The number of halogens is 3. The first kappa shape index (κ1) is 20.6. The van der Waals surface area contributed by atoms with Crippen LogP contribution in [0.4, 0.5) is 4.39 Å². The predicted molar refractivity (Wildman–Crippen MR) is 93.3 cm³/mol. The number of rotatable bonds is 5. The standard InChI is InChI=1S/C14H20BrFN2O3S.ClH/c1-17-8-10-4-3-5-18(9-10)22(19,20)14-7-12(16)11(15)6-13(14)21-2;/h6-7,10,17H,3-5,8-9H2,1-2H3;1H. The second kappa shape index (κ2) is 8.62. The number of piperidine rings is 1. The van der Waals surface area contributed by atoms with Gasteiger partial charge in [-0.25, -0.2) is 12.8 Å². The Morgan fingerprint density at radius 1 is 1.48 bits per heavy atom. The van der Waals surface area contributed by atoms with Crippen molar-refractivity contribution < 1.29 is 17.5 Å². The van der Waals surface area contributed by atoms with Crippen molar-refractivity contribution in [2.24, 2.45) is 5.92 Å². The second-order valence-corrected chi connectivity index (χ2v) is 8.11. The molecule has 9 heteroatoms. The van der Waals surface area contributed by atoms with Crippen LogP contribution in [-0.2, 0) is 10.0 Å². The summed E-state index contributed by atoms with van der Waals surface area (Å²) in [6.45, 7) is 1.64. The summed E-state index contributed by atoms with van der Waals surface area (Å²) in [5.74, 6) is -0.216. The fourth-order valence-corrected chi connectivity index (χ4v) is 4.74. The molecular weight excluding hydrogens is 411 g/mol. The Morgan fingerprint density at radius 2 is 2.17 bits per heavy atom. The van der Waals surface area contributed by atoms with Gasteiger partial charge in [-0.3, -0.25) is 0 Å². The van der Waals surface area contributed by atoms with E-state index in [9.17, 15) is 12.8 Å². The maximum Gasteiger partial charge on any atom is 0.246 e. The van der Waals surface area contributed by atoms with E-state index in [0.717, 1.165) is 25.5 Å². The molecule has 0 spiro atoms. The van der Waals surface area contributed by atoms with Gasteiger partial charge in [-0.05, 0) is 60.4 Å². The maximum absolute atomic E-state index is 13.8. The third kappa shape index (κ3) is 4.57. The molecule has 1 atom stereocenters. The first-order chi connectivity index (χ1) is 10.4. The molecule has 1 heterocycles. The van der Waals surface area contributed by atoms with Crippen molar-refractivity contribution in [3.05, 3.63) is 22.4 Å². The number of ether oxygens (including phenoxy) is 1. The molecule has 2 rings (SSSR count). The summed E-state index contributed by atoms with van der Waals surface area (Å²) in [5, 5.41) is 3.08. The van der Waals surface area contributed by atoms with Crippen LogP contribution in [0.5, 0.6) is 5.75 Å². The molecule has 0 saturated carbocycles. The summed E-state index contributed by atoms with van der Waals surface area (Å²) >= 11 is 3.04. The lowest BCUT2D eigenvalue weighted by atomic mass is 10.00. The van der Waals surface area contributed by atoms with Crippen molar-refractivity contribution in [3.8, 4) is 5.75 Å². The molecule has 1 fully saturated rings. The smallest absolute Gasteiger partial charge is 0.246 e. The number of benzene rings is 1. The molecule has 0 radical (unpaired) electrons. The zero-order valence-electron chi connectivity index (χ0n) is 13.0. The minimum atomic E-state index is -3.78. The van der Waals surface area contributed by atoms with Crippen LogP contribution in [-0.4, -0.2) is 46.5 Å². The molecule has 1 N–H and O–H groups in total. The second-order valence-electron chi connectivity index (χ2n) is 5.35. The van der Waals surface area contributed by atoms with E-state index in [-0.39, 0.29) is 33.4 Å². The fraction of sp³-hybridized carbons (Fsp3) is 0.571. The third-order valence-corrected chi connectivity index (χ3v) is 6.29. The minimum absolute atomic E-state index is 0. The number of hydrogen-bond donors (Lipinski definition) is 1. The van der Waals surface area contributed by atoms with E-state index in [4.69, 9.17) is 4.74 Å². The lowest BCUT2D eigenvalue weighted by Crippen LogP contribution is -2.42. The van der Waals surface area contributed by atoms with E-state index >= 15 is 0 Å². The molecule has 1 aliphatic heterocycles. The van der Waals surface area contributed by atoms with Crippen molar-refractivity contribution in [2.45, 2.75) is 17.7 Å². The Morgan fingerprint density at radius 3 is 2.78 bits per heavy atom. The first-order valence-corrected chi connectivity index (χ1v) is 9.31. The zero-order valence-corrected chi connectivity index (χ0v) is 16.2. The van der Waals surface area contributed by atoms with Gasteiger partial charge in [-0.1, -0.05) is 0 Å². The van der Waals surface area contributed by atoms with Gasteiger partial charge in [0.15, 0.2) is 0 Å². The van der Waals surface area contributed by atoms with Gasteiger partial charge >= 0.3 is 0 Å². The molecule has 132 valence electrons. The van der Waals surface area contributed by atoms with Crippen LogP contribution in [0.15, 0.2) is 21.5 Å². The summed E-state index contributed by atoms with van der Waals surface area (Å²) in [6.07, 6.45) is 1.78. The highest BCUT2D eigenvalue weighted by Crippen LogP contribution is 2.33. The predicted octanol–water partition coefficient (Wildman–Crippen LogP) is 2.64. The van der Waals surface area contributed by atoms with Crippen LogP contribution in [0, 0.1) is 11.7 Å². The van der Waals surface area contributed by atoms with Gasteiger partial charge in [0.2, 0.25) is 10.0 Å². The van der Waals surface area contributed by atoms with Crippen LogP contribution >= 0.6 is 28.3 Å². The minimum Gasteiger partial charge on any atom is -0.495 e. The Labute approximate surface area is 151 Å². The highest BCUT2D eigenvalue weighted by molar-refractivity contribution is 9.10. The molecule has 0 aromatic heterocycles. The highest BCUT2D eigenvalue weighted by atomic mass is 79.9. The van der Waals surface area contributed by atoms with Gasteiger partial charge in [0, 0.05) is 13.1 Å². The van der Waals surface area contributed by atoms with E-state index in [2.05, 4.69) is 21.2 Å². The van der Waals surface area contributed by atoms with Crippen LogP contribution in [0.3, 0.4) is 0 Å². The topological polar surface area (TPSA) is 58.6 Å². The van der Waals surface area contributed by atoms with Crippen molar-refractivity contribution in [1.82, 2.24) is 9.62 Å². The quantitative estimate of drug-likeness (QED) is 0.779. The largest absolute Gasteiger partial charge is 0.495 e. The molecule has 1 aliphatic rings. The van der Waals surface area contributed by atoms with Crippen molar-refractivity contribution in [1.29, 1.82) is 0 Å². The maximum atomic E-state index is 13.8. The molecule has 5 nitrogen and oxygen atoms in total. The van der Waals surface area contributed by atoms with Gasteiger partial charge in [0.05, 0.1) is 11.6 Å². The lowest BCUT2D eigenvalue weighted by molar-refractivity contribution is 0.262. The number of methoxy groups -OCH3 is 1. The Bertz CT molecular complexity index is 643. The van der Waals surface area contributed by atoms with Crippen LogP contribution < -0.4 is 10.1 Å². The Balaban J connectivity index is 0.00000264. The SMILES string of the molecule is CNCC1CCCN(S(=O)(=O)c2cc(F)c(Br)cc2OC)C1.Cl. The van der Waals surface area contributed by atoms with E-state index in [1.807, 2.05) is 7.05 Å². The Hall–Kier alpha value is -0.410. The molecule has 1 saturated heterocycles. The third-order valence-electron chi connectivity index (χ3n) is 3.80. The monoisotopic (exact) mass is 430 g/mol. The van der Waals surface area contributed by atoms with Crippen molar-refractivity contribution >= 4 is 38.4 Å². The average Bonchev–Trinajstić information content (AvgIpc) is 2.50. The van der Waals surface area contributed by atoms with Gasteiger partial charge in [0.25, 0.3) is 0 Å². The van der Waals surface area contributed by atoms with Crippen molar-refractivity contribution in [3.63, 3.8) is 0 Å². The van der Waals surface area contributed by atoms with E-state index in [1.54, 1.807) is 0 Å². The van der Waals surface area contributed by atoms with E-state index < -0.39 is 15.8 Å². The van der Waals surface area contributed by atoms with Gasteiger partial charge < -0.3 is 10.1 Å². The summed E-state index contributed by atoms with van der Waals surface area (Å²) in [6, 6.07) is 2.36. The summed E-state index contributed by atoms with van der Waals surface area (Å²) in [5.41, 5.74) is 0. The lowest BCUT2D eigenvalue weighted by Gasteiger charge is -2.32. The molecule has 1 unspecified atom stereocenters. The van der Waals surface area contributed by atoms with Gasteiger partial charge in [0.1, 0.15) is 16.5 Å². The average molecular weight is 432 g/mol. The number of hydrogen-bond acceptors (Lipinski definition) is 4. The molecular formula is C14H21BrClFN2O3S. The zero-order chi connectivity index (χ0) is 16.3. The molecule has 0 amide bonds. The van der Waals surface area contributed by atoms with Crippen LogP contribution in [0.25, 0.3) is 0 Å². The summed E-state index contributed by atoms with van der Waals surface area (Å²) in [4.78, 5) is -0.124. The van der Waals surface area contributed by atoms with Crippen LogP contribution in [0.2, 0.25) is 0 Å². The molecule has 23 heavy (non-hydrogen) atoms. The Kier molecular flexibility index (Phi) is 7.73. The van der Waals surface area contributed by atoms with Gasteiger partial charge in [-0.2, -0.15) is 4.31 Å². The molecule has 0 aliphatic carbocycles. The number of nitrogens with one attached hydrogen (secondary N) is 1. The fourth-order valence-electron chi connectivity index (χ4n) is 2.71. The summed E-state index contributed by atoms with van der Waals surface area (Å²) < 4.78 is 46.2. The van der Waals surface area contributed by atoms with Gasteiger partial charge in [-0.15, -0.1) is 12.4 Å². The normalized spacial score (nSPS) is 19.2. The van der Waals surface area contributed by atoms with E-state index in [1.165, 1.54) is 17.5 Å². The number of sulfonamides is 1. The molecule has 0 bridgehead atoms. The molecule has 1 aromatic carbocycles.